The lowest BCUT2D eigenvalue weighted by Gasteiger charge is -2.40. The normalized spacial score (nSPS) is 15.6. The Morgan fingerprint density at radius 1 is 1.06 bits per heavy atom. The average Bonchev–Trinajstić information content (AvgIpc) is 3.27. The summed E-state index contributed by atoms with van der Waals surface area (Å²) in [4.78, 5) is 27.2. The molecule has 4 rings (SSSR count). The van der Waals surface area contributed by atoms with Crippen LogP contribution in [0.5, 0.6) is 0 Å². The predicted molar refractivity (Wildman–Crippen MR) is 115 cm³/mol. The Balaban J connectivity index is 1.39. The zero-order valence-corrected chi connectivity index (χ0v) is 17.5. The fraction of sp³-hybridized carbons (Fsp3) is 0.320. The molecule has 1 fully saturated rings. The number of Topliss-reactive ketones (excluding diaryl/α,β-unsaturated/α-hetero) is 1. The minimum atomic E-state index is -0.512. The fourth-order valence-electron chi connectivity index (χ4n) is 4.42. The van der Waals surface area contributed by atoms with E-state index >= 15 is 0 Å². The maximum Gasteiger partial charge on any atom is 0.222 e. The standard InChI is InChI=1S/C25H25FN2O3/c1-18(29)25(21-5-3-2-4-6-21)13-15-28(16-14-25)23(30)12-9-20-17-27-31-24(20)19-7-10-22(26)11-8-19/h2-8,10-11,17H,9,12-16H2,1H3. The van der Waals surface area contributed by atoms with Crippen molar-refractivity contribution in [3.63, 3.8) is 0 Å². The van der Waals surface area contributed by atoms with E-state index in [0.29, 0.717) is 44.5 Å². The largest absolute Gasteiger partial charge is 0.356 e. The second kappa shape index (κ2) is 8.84. The van der Waals surface area contributed by atoms with E-state index in [1.807, 2.05) is 35.2 Å². The number of carbonyl (C=O) groups is 2. The maximum atomic E-state index is 13.2. The molecule has 0 unspecified atom stereocenters. The van der Waals surface area contributed by atoms with E-state index < -0.39 is 5.41 Å². The Bertz CT molecular complexity index is 1050. The molecular formula is C25H25FN2O3. The van der Waals surface area contributed by atoms with Crippen molar-refractivity contribution in [3.05, 3.63) is 77.7 Å². The molecule has 1 amide bonds. The van der Waals surface area contributed by atoms with Crippen molar-refractivity contribution in [1.82, 2.24) is 10.1 Å². The molecule has 0 N–H and O–H groups in total. The third kappa shape index (κ3) is 4.29. The second-order valence-corrected chi connectivity index (χ2v) is 8.07. The van der Waals surface area contributed by atoms with Crippen LogP contribution in [0.15, 0.2) is 65.3 Å². The third-order valence-electron chi connectivity index (χ3n) is 6.33. The van der Waals surface area contributed by atoms with Gasteiger partial charge < -0.3 is 9.42 Å². The van der Waals surface area contributed by atoms with E-state index in [9.17, 15) is 14.0 Å². The van der Waals surface area contributed by atoms with E-state index in [4.69, 9.17) is 4.52 Å². The van der Waals surface area contributed by atoms with Crippen molar-refractivity contribution in [1.29, 1.82) is 0 Å². The van der Waals surface area contributed by atoms with E-state index in [1.165, 1.54) is 12.1 Å². The topological polar surface area (TPSA) is 63.4 Å². The molecular weight excluding hydrogens is 395 g/mol. The van der Waals surface area contributed by atoms with Gasteiger partial charge in [0.05, 0.1) is 11.6 Å². The number of ketones is 1. The first-order chi connectivity index (χ1) is 15.0. The van der Waals surface area contributed by atoms with E-state index in [-0.39, 0.29) is 17.5 Å². The van der Waals surface area contributed by atoms with Gasteiger partial charge in [0.25, 0.3) is 0 Å². The fourth-order valence-corrected chi connectivity index (χ4v) is 4.42. The number of likely N-dealkylation sites (tertiary alicyclic amines) is 1. The van der Waals surface area contributed by atoms with Crippen LogP contribution in [0.2, 0.25) is 0 Å². The minimum Gasteiger partial charge on any atom is -0.356 e. The predicted octanol–water partition coefficient (Wildman–Crippen LogP) is 4.56. The average molecular weight is 420 g/mol. The Morgan fingerprint density at radius 2 is 1.74 bits per heavy atom. The molecule has 6 heteroatoms. The molecule has 0 bridgehead atoms. The summed E-state index contributed by atoms with van der Waals surface area (Å²) < 4.78 is 18.5. The number of rotatable bonds is 6. The van der Waals surface area contributed by atoms with Gasteiger partial charge in [-0.1, -0.05) is 35.5 Å². The number of aromatic nitrogens is 1. The molecule has 3 aromatic rings. The molecule has 1 aromatic heterocycles. The Labute approximate surface area is 180 Å². The lowest BCUT2D eigenvalue weighted by molar-refractivity contribution is -0.135. The SMILES string of the molecule is CC(=O)C1(c2ccccc2)CCN(C(=O)CCc2cnoc2-c2ccc(F)cc2)CC1. The molecule has 0 aliphatic carbocycles. The molecule has 0 saturated carbocycles. The summed E-state index contributed by atoms with van der Waals surface area (Å²) >= 11 is 0. The number of hydrogen-bond donors (Lipinski definition) is 0. The van der Waals surface area contributed by atoms with Gasteiger partial charge in [0.1, 0.15) is 11.6 Å². The van der Waals surface area contributed by atoms with Crippen LogP contribution >= 0.6 is 0 Å². The maximum absolute atomic E-state index is 13.2. The first kappa shape index (κ1) is 21.0. The molecule has 1 saturated heterocycles. The quantitative estimate of drug-likeness (QED) is 0.586. The second-order valence-electron chi connectivity index (χ2n) is 8.07. The molecule has 1 aliphatic heterocycles. The first-order valence-electron chi connectivity index (χ1n) is 10.5. The highest BCUT2D eigenvalue weighted by Gasteiger charge is 2.41. The Kier molecular flexibility index (Phi) is 5.98. The van der Waals surface area contributed by atoms with Crippen LogP contribution in [-0.2, 0) is 21.4 Å². The van der Waals surface area contributed by atoms with Gasteiger partial charge in [0, 0.05) is 30.6 Å². The molecule has 0 radical (unpaired) electrons. The first-order valence-corrected chi connectivity index (χ1v) is 10.5. The highest BCUT2D eigenvalue weighted by Crippen LogP contribution is 2.36. The number of piperidine rings is 1. The van der Waals surface area contributed by atoms with Gasteiger partial charge in [-0.2, -0.15) is 0 Å². The molecule has 0 spiro atoms. The van der Waals surface area contributed by atoms with Gasteiger partial charge in [-0.05, 0) is 56.0 Å². The number of nitrogens with zero attached hydrogens (tertiary/aromatic N) is 2. The number of hydrogen-bond acceptors (Lipinski definition) is 4. The van der Waals surface area contributed by atoms with Crippen LogP contribution in [0.1, 0.15) is 37.3 Å². The summed E-state index contributed by atoms with van der Waals surface area (Å²) in [7, 11) is 0. The molecule has 160 valence electrons. The number of amides is 1. The molecule has 0 atom stereocenters. The van der Waals surface area contributed by atoms with E-state index in [2.05, 4.69) is 5.16 Å². The van der Waals surface area contributed by atoms with E-state index in [0.717, 1.165) is 16.7 Å². The molecule has 31 heavy (non-hydrogen) atoms. The zero-order valence-electron chi connectivity index (χ0n) is 17.5. The van der Waals surface area contributed by atoms with Crippen LogP contribution in [0.25, 0.3) is 11.3 Å². The summed E-state index contributed by atoms with van der Waals surface area (Å²) in [6, 6.07) is 15.9. The molecule has 2 heterocycles. The number of aryl methyl sites for hydroxylation is 1. The van der Waals surface area contributed by atoms with Crippen molar-refractivity contribution in [3.8, 4) is 11.3 Å². The van der Waals surface area contributed by atoms with Gasteiger partial charge in [0.2, 0.25) is 5.91 Å². The lowest BCUT2D eigenvalue weighted by Crippen LogP contribution is -2.48. The highest BCUT2D eigenvalue weighted by atomic mass is 19.1. The smallest absolute Gasteiger partial charge is 0.222 e. The van der Waals surface area contributed by atoms with Gasteiger partial charge in [-0.25, -0.2) is 4.39 Å². The zero-order chi connectivity index (χ0) is 21.8. The number of benzene rings is 2. The van der Waals surface area contributed by atoms with Crippen LogP contribution < -0.4 is 0 Å². The Morgan fingerprint density at radius 3 is 2.39 bits per heavy atom. The number of halogens is 1. The van der Waals surface area contributed by atoms with Gasteiger partial charge in [0.15, 0.2) is 5.76 Å². The van der Waals surface area contributed by atoms with Crippen molar-refractivity contribution in [2.75, 3.05) is 13.1 Å². The van der Waals surface area contributed by atoms with E-state index in [1.54, 1.807) is 25.3 Å². The monoisotopic (exact) mass is 420 g/mol. The van der Waals surface area contributed by atoms with Gasteiger partial charge in [-0.15, -0.1) is 0 Å². The molecule has 2 aromatic carbocycles. The molecule has 5 nitrogen and oxygen atoms in total. The summed E-state index contributed by atoms with van der Waals surface area (Å²) in [5.74, 6) is 0.448. The van der Waals surface area contributed by atoms with Crippen molar-refractivity contribution < 1.29 is 18.5 Å². The van der Waals surface area contributed by atoms with Crippen molar-refractivity contribution in [2.24, 2.45) is 0 Å². The summed E-state index contributed by atoms with van der Waals surface area (Å²) in [5, 5.41) is 3.85. The number of carbonyl (C=O) groups excluding carboxylic acids is 2. The van der Waals surface area contributed by atoms with Gasteiger partial charge in [-0.3, -0.25) is 9.59 Å². The van der Waals surface area contributed by atoms with Crippen molar-refractivity contribution >= 4 is 11.7 Å². The van der Waals surface area contributed by atoms with Crippen LogP contribution in [0.4, 0.5) is 4.39 Å². The van der Waals surface area contributed by atoms with Crippen LogP contribution in [0.3, 0.4) is 0 Å². The third-order valence-corrected chi connectivity index (χ3v) is 6.33. The summed E-state index contributed by atoms with van der Waals surface area (Å²) in [6.45, 7) is 2.76. The minimum absolute atomic E-state index is 0.0523. The highest BCUT2D eigenvalue weighted by molar-refractivity contribution is 5.88. The molecule has 1 aliphatic rings. The van der Waals surface area contributed by atoms with Crippen LogP contribution in [0, 0.1) is 5.82 Å². The van der Waals surface area contributed by atoms with Gasteiger partial charge >= 0.3 is 0 Å². The van der Waals surface area contributed by atoms with Crippen molar-refractivity contribution in [2.45, 2.75) is 38.0 Å². The van der Waals surface area contributed by atoms with Crippen LogP contribution in [-0.4, -0.2) is 34.8 Å². The Hall–Kier alpha value is -3.28. The summed E-state index contributed by atoms with van der Waals surface area (Å²) in [5.41, 5.74) is 2.07. The summed E-state index contributed by atoms with van der Waals surface area (Å²) in [6.07, 6.45) is 3.69. The lowest BCUT2D eigenvalue weighted by atomic mass is 9.70.